The highest BCUT2D eigenvalue weighted by Gasteiger charge is 2.23. The molecule has 0 saturated heterocycles. The fourth-order valence-corrected chi connectivity index (χ4v) is 3.33. The highest BCUT2D eigenvalue weighted by atomic mass is 16.3. The summed E-state index contributed by atoms with van der Waals surface area (Å²) in [6, 6.07) is 11.3. The van der Waals surface area contributed by atoms with Crippen LogP contribution in [-0.2, 0) is 0 Å². The van der Waals surface area contributed by atoms with E-state index in [0.29, 0.717) is 0 Å². The second-order valence-electron chi connectivity index (χ2n) is 6.90. The van der Waals surface area contributed by atoms with Gasteiger partial charge in [0, 0.05) is 11.8 Å². The Balaban J connectivity index is 2.14. The molecule has 2 aromatic rings. The van der Waals surface area contributed by atoms with Crippen molar-refractivity contribution in [3.63, 3.8) is 0 Å². The van der Waals surface area contributed by atoms with Gasteiger partial charge in [0.25, 0.3) is 0 Å². The molecule has 0 fully saturated rings. The fourth-order valence-electron chi connectivity index (χ4n) is 3.33. The molecule has 3 heteroatoms. The van der Waals surface area contributed by atoms with Crippen LogP contribution in [-0.4, -0.2) is 21.4 Å². The number of hydrogen-bond acceptors (Lipinski definition) is 3. The average Bonchev–Trinajstić information content (AvgIpc) is 2.57. The molecule has 3 nitrogen and oxygen atoms in total. The van der Waals surface area contributed by atoms with Crippen LogP contribution < -0.4 is 0 Å². The summed E-state index contributed by atoms with van der Waals surface area (Å²) in [5.74, 6) is 0.575. The molecule has 1 aliphatic carbocycles. The lowest BCUT2D eigenvalue weighted by atomic mass is 9.79. The van der Waals surface area contributed by atoms with E-state index in [0.717, 1.165) is 27.8 Å². The van der Waals surface area contributed by atoms with Gasteiger partial charge in [-0.15, -0.1) is 0 Å². The minimum Gasteiger partial charge on any atom is -0.508 e. The maximum absolute atomic E-state index is 9.98. The number of allylic oxidation sites excluding steroid dienone is 2. The summed E-state index contributed by atoms with van der Waals surface area (Å²) in [4.78, 5) is 0. The van der Waals surface area contributed by atoms with Crippen LogP contribution in [0.1, 0.15) is 35.1 Å². The summed E-state index contributed by atoms with van der Waals surface area (Å²) in [7, 11) is 0. The van der Waals surface area contributed by atoms with Crippen LogP contribution in [0.4, 0.5) is 0 Å². The Labute approximate surface area is 148 Å². The van der Waals surface area contributed by atoms with E-state index in [1.807, 2.05) is 57.2 Å². The van der Waals surface area contributed by atoms with Crippen LogP contribution in [0.25, 0.3) is 0 Å². The topological polar surface area (TPSA) is 60.7 Å². The minimum atomic E-state index is -0.465. The summed E-state index contributed by atoms with van der Waals surface area (Å²) in [6.07, 6.45) is 5.43. The fraction of sp³-hybridized carbons (Fsp3) is 0.273. The molecular formula is C22H24O3. The lowest BCUT2D eigenvalue weighted by Crippen LogP contribution is -2.18. The second-order valence-corrected chi connectivity index (χ2v) is 6.90. The van der Waals surface area contributed by atoms with Gasteiger partial charge in [-0.1, -0.05) is 49.4 Å². The largest absolute Gasteiger partial charge is 0.508 e. The molecule has 0 saturated carbocycles. The predicted molar refractivity (Wildman–Crippen MR) is 99.9 cm³/mol. The van der Waals surface area contributed by atoms with Crippen molar-refractivity contribution < 1.29 is 15.3 Å². The third-order valence-electron chi connectivity index (χ3n) is 4.92. The third-order valence-corrected chi connectivity index (χ3v) is 4.92. The van der Waals surface area contributed by atoms with Crippen LogP contribution in [0.5, 0.6) is 11.5 Å². The van der Waals surface area contributed by atoms with Gasteiger partial charge in [0.1, 0.15) is 11.5 Å². The van der Waals surface area contributed by atoms with Crippen molar-refractivity contribution >= 4 is 0 Å². The summed E-state index contributed by atoms with van der Waals surface area (Å²) >= 11 is 0. The number of hydrogen-bond donors (Lipinski definition) is 3. The highest BCUT2D eigenvalue weighted by molar-refractivity contribution is 5.51. The van der Waals surface area contributed by atoms with Gasteiger partial charge in [0.2, 0.25) is 0 Å². The van der Waals surface area contributed by atoms with Gasteiger partial charge >= 0.3 is 0 Å². The first-order valence-electron chi connectivity index (χ1n) is 8.54. The van der Waals surface area contributed by atoms with E-state index in [4.69, 9.17) is 0 Å². The Morgan fingerprint density at radius 1 is 0.880 bits per heavy atom. The van der Waals surface area contributed by atoms with E-state index >= 15 is 0 Å². The Kier molecular flexibility index (Phi) is 4.69. The molecule has 130 valence electrons. The number of aryl methyl sites for hydroxylation is 2. The first kappa shape index (κ1) is 17.3. The molecule has 0 aliphatic heterocycles. The molecule has 1 aliphatic rings. The van der Waals surface area contributed by atoms with Gasteiger partial charge in [0.05, 0.1) is 6.10 Å². The van der Waals surface area contributed by atoms with Gasteiger partial charge in [-0.25, -0.2) is 0 Å². The molecule has 0 radical (unpaired) electrons. The molecule has 2 aromatic carbocycles. The van der Waals surface area contributed by atoms with Crippen LogP contribution in [0, 0.1) is 19.8 Å². The number of benzene rings is 2. The standard InChI is InChI=1S/C22H24O3/c1-13-10-16(4-7-19(13)23)22(17-5-8-20(24)14(2)11-17)18-6-9-21(25)15(3)12-18/h4-13,19,22-25H,1-3H3. The Bertz CT molecular complexity index is 797. The molecule has 2 unspecified atom stereocenters. The second kappa shape index (κ2) is 6.77. The summed E-state index contributed by atoms with van der Waals surface area (Å²) in [5, 5.41) is 29.7. The van der Waals surface area contributed by atoms with Crippen LogP contribution in [0.3, 0.4) is 0 Å². The smallest absolute Gasteiger partial charge is 0.118 e. The van der Waals surface area contributed by atoms with Gasteiger partial charge in [-0.05, 0) is 53.8 Å². The van der Waals surface area contributed by atoms with Crippen molar-refractivity contribution in [3.05, 3.63) is 82.5 Å². The Morgan fingerprint density at radius 3 is 1.84 bits per heavy atom. The van der Waals surface area contributed by atoms with E-state index in [-0.39, 0.29) is 23.3 Å². The third kappa shape index (κ3) is 3.47. The predicted octanol–water partition coefficient (Wildman–Crippen LogP) is 4.34. The summed E-state index contributed by atoms with van der Waals surface area (Å²) in [5.41, 5.74) is 4.89. The first-order valence-corrected chi connectivity index (χ1v) is 8.54. The molecule has 0 heterocycles. The highest BCUT2D eigenvalue weighted by Crippen LogP contribution is 2.38. The molecular weight excluding hydrogens is 312 g/mol. The van der Waals surface area contributed by atoms with Gasteiger partial charge < -0.3 is 15.3 Å². The van der Waals surface area contributed by atoms with E-state index in [1.165, 1.54) is 0 Å². The van der Waals surface area contributed by atoms with Crippen LogP contribution >= 0.6 is 0 Å². The van der Waals surface area contributed by atoms with Crippen molar-refractivity contribution in [2.75, 3.05) is 0 Å². The number of aliphatic hydroxyl groups excluding tert-OH is 1. The molecule has 0 amide bonds. The number of rotatable bonds is 3. The van der Waals surface area contributed by atoms with E-state index in [9.17, 15) is 15.3 Å². The average molecular weight is 336 g/mol. The molecule has 3 rings (SSSR count). The van der Waals surface area contributed by atoms with Gasteiger partial charge in [-0.3, -0.25) is 0 Å². The van der Waals surface area contributed by atoms with Crippen LogP contribution in [0.2, 0.25) is 0 Å². The number of phenols is 2. The van der Waals surface area contributed by atoms with Gasteiger partial charge in [0.15, 0.2) is 0 Å². The van der Waals surface area contributed by atoms with Crippen LogP contribution in [0.15, 0.2) is 60.2 Å². The van der Waals surface area contributed by atoms with Crippen molar-refractivity contribution in [2.45, 2.75) is 32.8 Å². The zero-order valence-electron chi connectivity index (χ0n) is 14.8. The zero-order chi connectivity index (χ0) is 18.1. The summed E-state index contributed by atoms with van der Waals surface area (Å²) < 4.78 is 0. The Morgan fingerprint density at radius 2 is 1.40 bits per heavy atom. The normalized spacial score (nSPS) is 20.0. The molecule has 25 heavy (non-hydrogen) atoms. The number of aromatic hydroxyl groups is 2. The summed E-state index contributed by atoms with van der Waals surface area (Å²) in [6.45, 7) is 5.76. The monoisotopic (exact) mass is 336 g/mol. The van der Waals surface area contributed by atoms with Crippen molar-refractivity contribution in [1.82, 2.24) is 0 Å². The number of phenolic OH excluding ortho intramolecular Hbond substituents is 2. The minimum absolute atomic E-state index is 0.0233. The quantitative estimate of drug-likeness (QED) is 0.781. The number of aliphatic hydroxyl groups is 1. The van der Waals surface area contributed by atoms with Crippen molar-refractivity contribution in [2.24, 2.45) is 5.92 Å². The lowest BCUT2D eigenvalue weighted by molar-refractivity contribution is 0.183. The molecule has 0 spiro atoms. The molecule has 3 N–H and O–H groups in total. The SMILES string of the molecule is Cc1cc(C(C2=CC(C)C(O)C=C2)c2ccc(O)c(C)c2)ccc1O. The first-order chi connectivity index (χ1) is 11.9. The lowest BCUT2D eigenvalue weighted by Gasteiger charge is -2.26. The van der Waals surface area contributed by atoms with E-state index in [2.05, 4.69) is 6.08 Å². The molecule has 0 aromatic heterocycles. The van der Waals surface area contributed by atoms with E-state index < -0.39 is 6.10 Å². The van der Waals surface area contributed by atoms with Crippen molar-refractivity contribution in [3.8, 4) is 11.5 Å². The van der Waals surface area contributed by atoms with E-state index in [1.54, 1.807) is 12.1 Å². The van der Waals surface area contributed by atoms with Crippen molar-refractivity contribution in [1.29, 1.82) is 0 Å². The molecule has 0 bridgehead atoms. The van der Waals surface area contributed by atoms with Gasteiger partial charge in [-0.2, -0.15) is 0 Å². The zero-order valence-corrected chi connectivity index (χ0v) is 14.8. The maximum atomic E-state index is 9.98. The Hall–Kier alpha value is -2.52. The maximum Gasteiger partial charge on any atom is 0.118 e. The molecule has 2 atom stereocenters.